The number of aryl methyl sites for hydroxylation is 1. The van der Waals surface area contributed by atoms with Crippen molar-refractivity contribution in [2.24, 2.45) is 0 Å². The van der Waals surface area contributed by atoms with Crippen molar-refractivity contribution in [2.45, 2.75) is 17.8 Å². The van der Waals surface area contributed by atoms with E-state index in [0.717, 1.165) is 5.69 Å². The molecule has 3 rings (SSSR count). The van der Waals surface area contributed by atoms with Crippen LogP contribution < -0.4 is 16.9 Å². The Balaban J connectivity index is 1.88. The summed E-state index contributed by atoms with van der Waals surface area (Å²) in [6, 6.07) is 2.71. The molecule has 9 heteroatoms. The van der Waals surface area contributed by atoms with Gasteiger partial charge < -0.3 is 10.7 Å². The topological polar surface area (TPSA) is 106 Å². The number of nitrogens with zero attached hydrogens (tertiary/aromatic N) is 3. The zero-order chi connectivity index (χ0) is 15.0. The number of anilines is 1. The Hall–Kier alpha value is -2.13. The first-order valence-corrected chi connectivity index (χ1v) is 7.86. The Morgan fingerprint density at radius 2 is 2.19 bits per heavy atom. The van der Waals surface area contributed by atoms with Crippen molar-refractivity contribution in [1.82, 2.24) is 19.4 Å². The third-order valence-electron chi connectivity index (χ3n) is 2.73. The van der Waals surface area contributed by atoms with Gasteiger partial charge >= 0.3 is 0 Å². The van der Waals surface area contributed by atoms with Crippen molar-refractivity contribution < 1.29 is 0 Å². The number of H-pyrrole nitrogens is 1. The second-order valence-corrected chi connectivity index (χ2v) is 6.15. The number of nitrogens with two attached hydrogens (primary N) is 1. The normalized spacial score (nSPS) is 11.1. The minimum Gasteiger partial charge on any atom is -0.383 e. The van der Waals surface area contributed by atoms with E-state index in [4.69, 9.17) is 5.73 Å². The first kappa shape index (κ1) is 13.8. The summed E-state index contributed by atoms with van der Waals surface area (Å²) in [6.07, 6.45) is 0. The van der Waals surface area contributed by atoms with Crippen molar-refractivity contribution in [3.05, 3.63) is 49.6 Å². The summed E-state index contributed by atoms with van der Waals surface area (Å²) in [4.78, 5) is 35.0. The lowest BCUT2D eigenvalue weighted by atomic mass is 10.4. The van der Waals surface area contributed by atoms with E-state index in [1.807, 2.05) is 12.3 Å². The fourth-order valence-electron chi connectivity index (χ4n) is 1.84. The zero-order valence-corrected chi connectivity index (χ0v) is 12.6. The highest BCUT2D eigenvalue weighted by Gasteiger charge is 2.08. The number of fused-ring (bicyclic) bond motifs is 1. The molecule has 0 aromatic carbocycles. The number of aromatic amines is 1. The monoisotopic (exact) mass is 321 g/mol. The summed E-state index contributed by atoms with van der Waals surface area (Å²) in [7, 11) is 0. The molecule has 21 heavy (non-hydrogen) atoms. The second kappa shape index (κ2) is 5.34. The van der Waals surface area contributed by atoms with Crippen LogP contribution in [-0.4, -0.2) is 19.4 Å². The van der Waals surface area contributed by atoms with Gasteiger partial charge in [0.05, 0.1) is 5.69 Å². The third-order valence-corrected chi connectivity index (χ3v) is 4.58. The van der Waals surface area contributed by atoms with E-state index >= 15 is 0 Å². The average Bonchev–Trinajstić information content (AvgIpc) is 2.77. The molecule has 0 unspecified atom stereocenters. The minimum atomic E-state index is -0.303. The van der Waals surface area contributed by atoms with Crippen LogP contribution in [0, 0.1) is 6.92 Å². The molecule has 0 atom stereocenters. The maximum absolute atomic E-state index is 12.0. The van der Waals surface area contributed by atoms with E-state index in [9.17, 15) is 9.59 Å². The summed E-state index contributed by atoms with van der Waals surface area (Å²) in [5.74, 6) is 0.591. The van der Waals surface area contributed by atoms with E-state index in [1.165, 1.54) is 35.2 Å². The van der Waals surface area contributed by atoms with Crippen LogP contribution >= 0.6 is 23.1 Å². The molecule has 0 amide bonds. The van der Waals surface area contributed by atoms with Crippen LogP contribution in [0.4, 0.5) is 5.82 Å². The van der Waals surface area contributed by atoms with Crippen LogP contribution in [0.3, 0.4) is 0 Å². The van der Waals surface area contributed by atoms with Gasteiger partial charge in [-0.05, 0) is 6.92 Å². The number of hydrogen-bond acceptors (Lipinski definition) is 7. The molecule has 3 aromatic heterocycles. The molecular formula is C12H11N5O2S2. The third kappa shape index (κ3) is 2.83. The lowest BCUT2D eigenvalue weighted by Gasteiger charge is -2.02. The molecule has 0 fully saturated rings. The second-order valence-electron chi connectivity index (χ2n) is 4.34. The van der Waals surface area contributed by atoms with Gasteiger partial charge in [0.2, 0.25) is 0 Å². The Kier molecular flexibility index (Phi) is 3.52. The summed E-state index contributed by atoms with van der Waals surface area (Å²) < 4.78 is 1.57. The highest BCUT2D eigenvalue weighted by molar-refractivity contribution is 7.98. The molecule has 0 saturated heterocycles. The van der Waals surface area contributed by atoms with Gasteiger partial charge in [0.1, 0.15) is 5.82 Å². The van der Waals surface area contributed by atoms with Gasteiger partial charge in [-0.3, -0.25) is 14.0 Å². The summed E-state index contributed by atoms with van der Waals surface area (Å²) in [5, 5.41) is 2.29. The van der Waals surface area contributed by atoms with E-state index in [1.54, 1.807) is 4.40 Å². The maximum Gasteiger partial charge on any atom is 0.258 e. The molecule has 3 heterocycles. The largest absolute Gasteiger partial charge is 0.383 e. The fraction of sp³-hybridized carbons (Fsp3) is 0.167. The standard InChI is InChI=1S/C12H11N5O2S2/c1-6-4-21-12-14-7(2-10(19)17(6)12)5-20-11-15-8(13)3-9(18)16-11/h2-4H,5H2,1H3,(H3,13,15,16,18). The Bertz CT molecular complexity index is 927. The minimum absolute atomic E-state index is 0.108. The van der Waals surface area contributed by atoms with E-state index < -0.39 is 0 Å². The highest BCUT2D eigenvalue weighted by atomic mass is 32.2. The van der Waals surface area contributed by atoms with E-state index in [2.05, 4.69) is 15.0 Å². The van der Waals surface area contributed by atoms with Gasteiger partial charge in [0, 0.05) is 29.0 Å². The molecule has 0 spiro atoms. The molecule has 108 valence electrons. The van der Waals surface area contributed by atoms with Crippen LogP contribution in [0.1, 0.15) is 11.4 Å². The van der Waals surface area contributed by atoms with Gasteiger partial charge in [-0.25, -0.2) is 9.97 Å². The first-order chi connectivity index (χ1) is 10.0. The Morgan fingerprint density at radius 1 is 1.38 bits per heavy atom. The quantitative estimate of drug-likeness (QED) is 0.551. The van der Waals surface area contributed by atoms with Crippen molar-refractivity contribution in [3.8, 4) is 0 Å². The van der Waals surface area contributed by atoms with Crippen molar-refractivity contribution in [1.29, 1.82) is 0 Å². The smallest absolute Gasteiger partial charge is 0.258 e. The predicted octanol–water partition coefficient (Wildman–Crippen LogP) is 1.02. The van der Waals surface area contributed by atoms with Crippen LogP contribution in [0.2, 0.25) is 0 Å². The zero-order valence-electron chi connectivity index (χ0n) is 11.0. The first-order valence-electron chi connectivity index (χ1n) is 5.99. The summed E-state index contributed by atoms with van der Waals surface area (Å²) in [6.45, 7) is 1.86. The molecule has 3 N–H and O–H groups in total. The molecule has 0 bridgehead atoms. The molecule has 0 saturated carbocycles. The fourth-order valence-corrected chi connectivity index (χ4v) is 3.50. The van der Waals surface area contributed by atoms with Crippen LogP contribution in [0.15, 0.2) is 32.3 Å². The van der Waals surface area contributed by atoms with Crippen LogP contribution in [0.5, 0.6) is 0 Å². The summed E-state index contributed by atoms with van der Waals surface area (Å²) in [5.41, 5.74) is 6.61. The number of hydrogen-bond donors (Lipinski definition) is 2. The van der Waals surface area contributed by atoms with Crippen molar-refractivity contribution in [2.75, 3.05) is 5.73 Å². The number of aromatic nitrogens is 4. The SMILES string of the molecule is Cc1csc2nc(CSc3nc(N)cc(=O)[nH]3)cc(=O)n12. The van der Waals surface area contributed by atoms with Crippen LogP contribution in [-0.2, 0) is 5.75 Å². The van der Waals surface area contributed by atoms with Crippen molar-refractivity contribution in [3.63, 3.8) is 0 Å². The molecule has 7 nitrogen and oxygen atoms in total. The van der Waals surface area contributed by atoms with E-state index in [-0.39, 0.29) is 16.9 Å². The average molecular weight is 321 g/mol. The molecule has 3 aromatic rings. The van der Waals surface area contributed by atoms with Gasteiger partial charge in [-0.15, -0.1) is 11.3 Å². The van der Waals surface area contributed by atoms with Gasteiger partial charge in [0.15, 0.2) is 10.1 Å². The number of thiazole rings is 1. The molecule has 0 aliphatic rings. The van der Waals surface area contributed by atoms with Crippen LogP contribution in [0.25, 0.3) is 4.96 Å². The lowest BCUT2D eigenvalue weighted by Crippen LogP contribution is -2.15. The number of thioether (sulfide) groups is 1. The molecule has 0 radical (unpaired) electrons. The predicted molar refractivity (Wildman–Crippen MR) is 82.9 cm³/mol. The van der Waals surface area contributed by atoms with E-state index in [0.29, 0.717) is 21.6 Å². The number of nitrogen functional groups attached to an aromatic ring is 1. The number of nitrogens with one attached hydrogen (secondary N) is 1. The number of rotatable bonds is 3. The summed E-state index contributed by atoms with van der Waals surface area (Å²) >= 11 is 2.69. The van der Waals surface area contributed by atoms with Gasteiger partial charge in [0.25, 0.3) is 11.1 Å². The molecular weight excluding hydrogens is 310 g/mol. The van der Waals surface area contributed by atoms with Gasteiger partial charge in [-0.1, -0.05) is 11.8 Å². The maximum atomic E-state index is 12.0. The Labute approximate surface area is 126 Å². The highest BCUT2D eigenvalue weighted by Crippen LogP contribution is 2.18. The molecule has 0 aliphatic carbocycles. The van der Waals surface area contributed by atoms with Gasteiger partial charge in [-0.2, -0.15) is 0 Å². The van der Waals surface area contributed by atoms with Crippen molar-refractivity contribution >= 4 is 33.9 Å². The molecule has 0 aliphatic heterocycles. The lowest BCUT2D eigenvalue weighted by molar-refractivity contribution is 0.941. The Morgan fingerprint density at radius 3 is 2.95 bits per heavy atom.